The second-order valence-electron chi connectivity index (χ2n) is 14.7. The molecule has 3 aliphatic heterocycles. The van der Waals surface area contributed by atoms with Crippen LogP contribution in [0.3, 0.4) is 0 Å². The van der Waals surface area contributed by atoms with Gasteiger partial charge in [0.05, 0.1) is 36.8 Å². The van der Waals surface area contributed by atoms with E-state index >= 15 is 0 Å². The molecule has 0 bridgehead atoms. The smallest absolute Gasteiger partial charge is 0.247 e. The number of nitrogens with one attached hydrogen (secondary N) is 2. The standard InChI is InChI=1S/C42H49FN8O4/c1-3-42(52)47-36-25-37(39(53-2)26-38(36)50-15-12-32(13-16-50)49-19-17-48(18-20-49)31-10-11-31)46-40-27-41(45-28-44-40)51-33(14-21-54-51)22-29-6-4-8-34(23-29)55-35-9-5-7-30(43)24-35/h3-9,23-28,31-33H,1,10-22H2,2H3,(H,47,52)(H,44,45,46)/t33-/m1/s1. The fourth-order valence-electron chi connectivity index (χ4n) is 8.06. The number of hydroxylamine groups is 1. The maximum absolute atomic E-state index is 13.7. The van der Waals surface area contributed by atoms with Gasteiger partial charge in [0, 0.05) is 69.6 Å². The lowest BCUT2D eigenvalue weighted by molar-refractivity contribution is -0.111. The lowest BCUT2D eigenvalue weighted by atomic mass is 10.0. The molecule has 12 nitrogen and oxygen atoms in total. The van der Waals surface area contributed by atoms with Gasteiger partial charge in [0.1, 0.15) is 35.2 Å². The van der Waals surface area contributed by atoms with Gasteiger partial charge in [-0.1, -0.05) is 24.8 Å². The maximum atomic E-state index is 13.7. The number of rotatable bonds is 13. The van der Waals surface area contributed by atoms with Crippen LogP contribution in [0.25, 0.3) is 0 Å². The first kappa shape index (κ1) is 36.7. The molecule has 1 amide bonds. The molecular weight excluding hydrogens is 700 g/mol. The zero-order chi connectivity index (χ0) is 37.7. The van der Waals surface area contributed by atoms with Crippen LogP contribution in [0.2, 0.25) is 0 Å². The Morgan fingerprint density at radius 1 is 0.891 bits per heavy atom. The number of hydrogen-bond acceptors (Lipinski definition) is 11. The number of aromatic nitrogens is 2. The highest BCUT2D eigenvalue weighted by molar-refractivity contribution is 6.02. The molecule has 4 heterocycles. The van der Waals surface area contributed by atoms with Crippen molar-refractivity contribution in [3.8, 4) is 17.2 Å². The van der Waals surface area contributed by atoms with E-state index in [1.807, 2.05) is 47.5 Å². The Morgan fingerprint density at radius 2 is 1.62 bits per heavy atom. The Kier molecular flexibility index (Phi) is 11.1. The Bertz CT molecular complexity index is 1980. The van der Waals surface area contributed by atoms with E-state index in [-0.39, 0.29) is 17.8 Å². The highest BCUT2D eigenvalue weighted by Gasteiger charge is 2.34. The average molecular weight is 749 g/mol. The van der Waals surface area contributed by atoms with Crippen molar-refractivity contribution in [2.75, 3.05) is 73.6 Å². The van der Waals surface area contributed by atoms with Gasteiger partial charge in [-0.15, -0.1) is 0 Å². The summed E-state index contributed by atoms with van der Waals surface area (Å²) in [5.74, 6) is 2.22. The molecule has 2 N–H and O–H groups in total. The summed E-state index contributed by atoms with van der Waals surface area (Å²) in [7, 11) is 1.64. The topological polar surface area (TPSA) is 108 Å². The van der Waals surface area contributed by atoms with Gasteiger partial charge in [-0.3, -0.25) is 19.4 Å². The second kappa shape index (κ2) is 16.6. The van der Waals surface area contributed by atoms with Gasteiger partial charge in [0.25, 0.3) is 0 Å². The van der Waals surface area contributed by atoms with E-state index < -0.39 is 0 Å². The molecule has 0 unspecified atom stereocenters. The first-order chi connectivity index (χ1) is 26.9. The summed E-state index contributed by atoms with van der Waals surface area (Å²) >= 11 is 0. The molecule has 1 atom stereocenters. The van der Waals surface area contributed by atoms with Crippen LogP contribution in [0.4, 0.5) is 33.1 Å². The van der Waals surface area contributed by atoms with E-state index in [9.17, 15) is 9.18 Å². The Hall–Kier alpha value is -5.24. The number of hydrogen-bond donors (Lipinski definition) is 2. The predicted molar refractivity (Wildman–Crippen MR) is 212 cm³/mol. The van der Waals surface area contributed by atoms with Crippen LogP contribution < -0.4 is 30.1 Å². The monoisotopic (exact) mass is 748 g/mol. The van der Waals surface area contributed by atoms with Crippen molar-refractivity contribution >= 4 is 34.6 Å². The number of piperidine rings is 1. The summed E-state index contributed by atoms with van der Waals surface area (Å²) in [6, 6.07) is 21.0. The van der Waals surface area contributed by atoms with Gasteiger partial charge >= 0.3 is 0 Å². The number of piperazine rings is 1. The first-order valence-electron chi connectivity index (χ1n) is 19.3. The molecular formula is C42H49FN8O4. The average Bonchev–Trinajstić information content (AvgIpc) is 3.96. The van der Waals surface area contributed by atoms with E-state index in [1.165, 1.54) is 50.5 Å². The van der Waals surface area contributed by atoms with Crippen LogP contribution in [-0.4, -0.2) is 96.8 Å². The van der Waals surface area contributed by atoms with Crippen molar-refractivity contribution in [3.63, 3.8) is 0 Å². The van der Waals surface area contributed by atoms with Gasteiger partial charge in [-0.05, 0) is 80.5 Å². The molecule has 3 aromatic carbocycles. The van der Waals surface area contributed by atoms with E-state index in [4.69, 9.17) is 14.3 Å². The van der Waals surface area contributed by atoms with Gasteiger partial charge in [-0.25, -0.2) is 19.4 Å². The van der Waals surface area contributed by atoms with E-state index in [0.29, 0.717) is 59.3 Å². The van der Waals surface area contributed by atoms with Crippen LogP contribution in [0, 0.1) is 5.82 Å². The van der Waals surface area contributed by atoms with Crippen molar-refractivity contribution in [2.24, 2.45) is 0 Å². The number of ether oxygens (including phenoxy) is 2. The van der Waals surface area contributed by atoms with Crippen LogP contribution in [0.1, 0.15) is 37.7 Å². The molecule has 1 aromatic heterocycles. The summed E-state index contributed by atoms with van der Waals surface area (Å²) in [5.41, 5.74) is 3.28. The molecule has 1 saturated carbocycles. The Balaban J connectivity index is 0.952. The largest absolute Gasteiger partial charge is 0.494 e. The summed E-state index contributed by atoms with van der Waals surface area (Å²) in [5, 5.41) is 8.28. The van der Waals surface area contributed by atoms with Crippen LogP contribution in [0.5, 0.6) is 17.2 Å². The number of halogens is 1. The molecule has 4 fully saturated rings. The highest BCUT2D eigenvalue weighted by Crippen LogP contribution is 2.40. The minimum absolute atomic E-state index is 0.0122. The van der Waals surface area contributed by atoms with Crippen molar-refractivity contribution in [2.45, 2.75) is 56.7 Å². The van der Waals surface area contributed by atoms with Gasteiger partial charge < -0.3 is 25.0 Å². The number of methoxy groups -OCH3 is 1. The van der Waals surface area contributed by atoms with E-state index in [2.05, 4.69) is 41.9 Å². The summed E-state index contributed by atoms with van der Waals surface area (Å²) in [4.78, 5) is 35.5. The summed E-state index contributed by atoms with van der Waals surface area (Å²) < 4.78 is 25.6. The third-order valence-corrected chi connectivity index (χ3v) is 11.1. The zero-order valence-electron chi connectivity index (χ0n) is 31.3. The number of benzene rings is 3. The first-order valence-corrected chi connectivity index (χ1v) is 19.3. The fraction of sp³-hybridized carbons (Fsp3) is 0.405. The van der Waals surface area contributed by atoms with Crippen molar-refractivity contribution < 1.29 is 23.5 Å². The Labute approximate surface area is 321 Å². The predicted octanol–water partition coefficient (Wildman–Crippen LogP) is 6.79. The normalized spacial score (nSPS) is 19.6. The number of anilines is 5. The molecule has 4 aromatic rings. The fourth-order valence-corrected chi connectivity index (χ4v) is 8.06. The minimum Gasteiger partial charge on any atom is -0.494 e. The lowest BCUT2D eigenvalue weighted by Gasteiger charge is -2.43. The molecule has 0 spiro atoms. The van der Waals surface area contributed by atoms with Crippen molar-refractivity contribution in [3.05, 3.63) is 97.1 Å². The number of nitrogens with zero attached hydrogens (tertiary/aromatic N) is 6. The van der Waals surface area contributed by atoms with Crippen LogP contribution in [-0.2, 0) is 16.1 Å². The number of carbonyl (C=O) groups is 1. The third-order valence-electron chi connectivity index (χ3n) is 11.1. The molecule has 0 radical (unpaired) electrons. The lowest BCUT2D eigenvalue weighted by Crippen LogP contribution is -2.53. The number of carbonyl (C=O) groups excluding carboxylic acids is 1. The molecule has 55 heavy (non-hydrogen) atoms. The van der Waals surface area contributed by atoms with E-state index in [1.54, 1.807) is 19.2 Å². The summed E-state index contributed by atoms with van der Waals surface area (Å²) in [6.45, 7) is 10.7. The van der Waals surface area contributed by atoms with E-state index in [0.717, 1.165) is 62.7 Å². The van der Waals surface area contributed by atoms with Gasteiger partial charge in [-0.2, -0.15) is 0 Å². The second-order valence-corrected chi connectivity index (χ2v) is 14.7. The minimum atomic E-state index is -0.347. The maximum Gasteiger partial charge on any atom is 0.247 e. The summed E-state index contributed by atoms with van der Waals surface area (Å²) in [6.07, 6.45) is 9.14. The van der Waals surface area contributed by atoms with Crippen LogP contribution in [0.15, 0.2) is 85.7 Å². The quantitative estimate of drug-likeness (QED) is 0.141. The molecule has 288 valence electrons. The molecule has 3 saturated heterocycles. The molecule has 1 aliphatic carbocycles. The van der Waals surface area contributed by atoms with Crippen LogP contribution >= 0.6 is 0 Å². The number of amides is 1. The molecule has 8 rings (SSSR count). The molecule has 13 heteroatoms. The third kappa shape index (κ3) is 8.85. The van der Waals surface area contributed by atoms with Crippen molar-refractivity contribution in [1.29, 1.82) is 0 Å². The SMILES string of the molecule is C=CC(=O)Nc1cc(Nc2cc(N3OCC[C@@H]3Cc3cccc(Oc4cccc(F)c4)c3)ncn2)c(OC)cc1N1CCC(N2CCN(C3CC3)CC2)CC1. The van der Waals surface area contributed by atoms with Gasteiger partial charge in [0.15, 0.2) is 5.82 Å². The van der Waals surface area contributed by atoms with Gasteiger partial charge in [0.2, 0.25) is 5.91 Å². The highest BCUT2D eigenvalue weighted by atomic mass is 19.1. The van der Waals surface area contributed by atoms with Crippen molar-refractivity contribution in [1.82, 2.24) is 19.8 Å². The molecule has 4 aliphatic rings. The zero-order valence-corrected chi connectivity index (χ0v) is 31.3. The Morgan fingerprint density at radius 3 is 2.33 bits per heavy atom.